The Labute approximate surface area is 174 Å². The van der Waals surface area contributed by atoms with Gasteiger partial charge < -0.3 is 5.73 Å². The second-order valence-electron chi connectivity index (χ2n) is 6.97. The number of benzene rings is 1. The molecule has 0 spiro atoms. The summed E-state index contributed by atoms with van der Waals surface area (Å²) in [6.45, 7) is 0.606. The average molecular weight is 405 g/mol. The number of nitro groups is 1. The summed E-state index contributed by atoms with van der Waals surface area (Å²) in [5, 5.41) is 11.3. The first kappa shape index (κ1) is 21.1. The topological polar surface area (TPSA) is 115 Å². The predicted octanol–water partition coefficient (Wildman–Crippen LogP) is 2.70. The lowest BCUT2D eigenvalue weighted by molar-refractivity contribution is -0.385. The zero-order valence-corrected chi connectivity index (χ0v) is 16.4. The lowest BCUT2D eigenvalue weighted by Gasteiger charge is -2.31. The molecule has 0 fully saturated rings. The number of rotatable bonds is 10. The van der Waals surface area contributed by atoms with Crippen molar-refractivity contribution in [1.82, 2.24) is 14.9 Å². The lowest BCUT2D eigenvalue weighted by atomic mass is 9.96. The van der Waals surface area contributed by atoms with Crippen molar-refractivity contribution >= 4 is 11.6 Å². The van der Waals surface area contributed by atoms with Crippen LogP contribution in [0.15, 0.2) is 73.3 Å². The van der Waals surface area contributed by atoms with E-state index in [4.69, 9.17) is 5.73 Å². The first-order valence-electron chi connectivity index (χ1n) is 9.57. The van der Waals surface area contributed by atoms with Gasteiger partial charge in [0.1, 0.15) is 0 Å². The van der Waals surface area contributed by atoms with E-state index < -0.39 is 10.8 Å². The fourth-order valence-electron chi connectivity index (χ4n) is 3.41. The first-order valence-corrected chi connectivity index (χ1v) is 9.57. The van der Waals surface area contributed by atoms with Crippen LogP contribution in [-0.2, 0) is 17.6 Å². The molecule has 2 heterocycles. The molecule has 8 heteroatoms. The number of aromatic nitrogens is 2. The summed E-state index contributed by atoms with van der Waals surface area (Å²) >= 11 is 0. The molecule has 2 N–H and O–H groups in total. The number of nitrogens with zero attached hydrogens (tertiary/aromatic N) is 4. The normalized spacial score (nSPS) is 11.9. The number of hydrogen-bond acceptors (Lipinski definition) is 6. The summed E-state index contributed by atoms with van der Waals surface area (Å²) < 4.78 is 0. The van der Waals surface area contributed by atoms with Crippen molar-refractivity contribution in [1.29, 1.82) is 0 Å². The molecule has 3 rings (SSSR count). The van der Waals surface area contributed by atoms with Crippen molar-refractivity contribution in [3.05, 3.63) is 100 Å². The van der Waals surface area contributed by atoms with Crippen LogP contribution in [0, 0.1) is 10.1 Å². The van der Waals surface area contributed by atoms with Gasteiger partial charge in [0.2, 0.25) is 5.91 Å². The van der Waals surface area contributed by atoms with Gasteiger partial charge in [-0.25, -0.2) is 0 Å². The summed E-state index contributed by atoms with van der Waals surface area (Å²) in [5.41, 5.74) is 8.41. The van der Waals surface area contributed by atoms with Gasteiger partial charge in [0.05, 0.1) is 11.5 Å². The number of hydrogen-bond donors (Lipinski definition) is 1. The Morgan fingerprint density at radius 2 is 1.67 bits per heavy atom. The molecule has 1 atom stereocenters. The second kappa shape index (κ2) is 10.2. The van der Waals surface area contributed by atoms with Gasteiger partial charge in [0.25, 0.3) is 5.69 Å². The molecule has 1 aromatic carbocycles. The van der Waals surface area contributed by atoms with E-state index in [0.29, 0.717) is 19.4 Å². The largest absolute Gasteiger partial charge is 0.369 e. The van der Waals surface area contributed by atoms with E-state index in [9.17, 15) is 14.9 Å². The van der Waals surface area contributed by atoms with Gasteiger partial charge in [-0.15, -0.1) is 0 Å². The monoisotopic (exact) mass is 405 g/mol. The molecule has 30 heavy (non-hydrogen) atoms. The number of carbonyl (C=O) groups is 1. The van der Waals surface area contributed by atoms with Crippen molar-refractivity contribution in [3.8, 4) is 0 Å². The standard InChI is InChI=1S/C22H23N5O3/c23-22(28)16-26(13-8-17-4-9-24-10-5-17)21(14-18-6-11-25-12-7-18)19-2-1-3-20(15-19)27(29)30/h1-7,9-12,15,21H,8,13-14,16H2,(H2,23,28). The van der Waals surface area contributed by atoms with E-state index >= 15 is 0 Å². The maximum atomic E-state index is 11.8. The van der Waals surface area contributed by atoms with Crippen LogP contribution in [0.3, 0.4) is 0 Å². The van der Waals surface area contributed by atoms with Crippen LogP contribution in [0.2, 0.25) is 0 Å². The van der Waals surface area contributed by atoms with Crippen LogP contribution >= 0.6 is 0 Å². The van der Waals surface area contributed by atoms with Crippen LogP contribution < -0.4 is 5.73 Å². The Kier molecular flexibility index (Phi) is 7.18. The van der Waals surface area contributed by atoms with E-state index in [1.807, 2.05) is 35.2 Å². The maximum absolute atomic E-state index is 11.8. The molecule has 154 valence electrons. The molecule has 0 aliphatic heterocycles. The number of primary amides is 1. The number of carbonyl (C=O) groups excluding carboxylic acids is 1. The smallest absolute Gasteiger partial charge is 0.269 e. The van der Waals surface area contributed by atoms with E-state index in [1.165, 1.54) is 6.07 Å². The third-order valence-electron chi connectivity index (χ3n) is 4.88. The predicted molar refractivity (Wildman–Crippen MR) is 112 cm³/mol. The van der Waals surface area contributed by atoms with Crippen LogP contribution in [0.4, 0.5) is 5.69 Å². The average Bonchev–Trinajstić information content (AvgIpc) is 2.76. The summed E-state index contributed by atoms with van der Waals surface area (Å²) in [6, 6.07) is 13.9. The summed E-state index contributed by atoms with van der Waals surface area (Å²) in [7, 11) is 0. The highest BCUT2D eigenvalue weighted by Crippen LogP contribution is 2.28. The molecule has 0 saturated heterocycles. The minimum Gasteiger partial charge on any atom is -0.369 e. The molecule has 1 unspecified atom stereocenters. The van der Waals surface area contributed by atoms with Crippen molar-refractivity contribution in [2.24, 2.45) is 5.73 Å². The number of nitrogens with two attached hydrogens (primary N) is 1. The third-order valence-corrected chi connectivity index (χ3v) is 4.88. The van der Waals surface area contributed by atoms with Crippen LogP contribution in [0.1, 0.15) is 22.7 Å². The molecule has 3 aromatic rings. The summed E-state index contributed by atoms with van der Waals surface area (Å²) in [4.78, 5) is 32.8. The SMILES string of the molecule is NC(=O)CN(CCc1ccncc1)C(Cc1ccncc1)c1cccc([N+](=O)[O-])c1. The third kappa shape index (κ3) is 5.92. The molecule has 0 saturated carbocycles. The van der Waals surface area contributed by atoms with Gasteiger partial charge >= 0.3 is 0 Å². The molecule has 0 bridgehead atoms. The highest BCUT2D eigenvalue weighted by molar-refractivity contribution is 5.76. The number of non-ortho nitro benzene ring substituents is 1. The second-order valence-corrected chi connectivity index (χ2v) is 6.97. The van der Waals surface area contributed by atoms with Crippen molar-refractivity contribution in [3.63, 3.8) is 0 Å². The summed E-state index contributed by atoms with van der Waals surface area (Å²) in [6.07, 6.45) is 8.11. The Bertz CT molecular complexity index is 982. The van der Waals surface area contributed by atoms with E-state index in [1.54, 1.807) is 36.9 Å². The fourth-order valence-corrected chi connectivity index (χ4v) is 3.41. The van der Waals surface area contributed by atoms with Gasteiger partial charge in [-0.1, -0.05) is 12.1 Å². The van der Waals surface area contributed by atoms with Gasteiger partial charge in [0.15, 0.2) is 0 Å². The molecular formula is C22H23N5O3. The molecule has 2 aromatic heterocycles. The van der Waals surface area contributed by atoms with Crippen LogP contribution in [-0.4, -0.2) is 38.8 Å². The van der Waals surface area contributed by atoms with Crippen molar-refractivity contribution in [2.75, 3.05) is 13.1 Å². The van der Waals surface area contributed by atoms with E-state index in [0.717, 1.165) is 16.7 Å². The highest BCUT2D eigenvalue weighted by atomic mass is 16.6. The van der Waals surface area contributed by atoms with Crippen molar-refractivity contribution in [2.45, 2.75) is 18.9 Å². The van der Waals surface area contributed by atoms with Gasteiger partial charge in [-0.05, 0) is 53.8 Å². The molecule has 0 radical (unpaired) electrons. The minimum absolute atomic E-state index is 0.0142. The zero-order chi connectivity index (χ0) is 21.3. The molecule has 8 nitrogen and oxygen atoms in total. The maximum Gasteiger partial charge on any atom is 0.269 e. The minimum atomic E-state index is -0.449. The van der Waals surface area contributed by atoms with E-state index in [2.05, 4.69) is 9.97 Å². The van der Waals surface area contributed by atoms with Gasteiger partial charge in [0, 0.05) is 49.5 Å². The molecule has 0 aliphatic carbocycles. The Balaban J connectivity index is 1.94. The Morgan fingerprint density at radius 3 is 2.27 bits per heavy atom. The zero-order valence-electron chi connectivity index (χ0n) is 16.4. The lowest BCUT2D eigenvalue weighted by Crippen LogP contribution is -2.39. The van der Waals surface area contributed by atoms with Gasteiger partial charge in [-0.3, -0.25) is 29.8 Å². The number of pyridine rings is 2. The van der Waals surface area contributed by atoms with Crippen molar-refractivity contribution < 1.29 is 9.72 Å². The van der Waals surface area contributed by atoms with E-state index in [-0.39, 0.29) is 18.3 Å². The van der Waals surface area contributed by atoms with Crippen LogP contribution in [0.25, 0.3) is 0 Å². The van der Waals surface area contributed by atoms with Crippen LogP contribution in [0.5, 0.6) is 0 Å². The molecule has 0 aliphatic rings. The Morgan fingerprint density at radius 1 is 1.03 bits per heavy atom. The Hall–Kier alpha value is -3.65. The number of amides is 1. The first-order chi connectivity index (χ1) is 14.5. The quantitative estimate of drug-likeness (QED) is 0.410. The number of nitro benzene ring substituents is 1. The summed E-state index contributed by atoms with van der Waals surface area (Å²) in [5.74, 6) is -0.449. The van der Waals surface area contributed by atoms with Gasteiger partial charge in [-0.2, -0.15) is 0 Å². The highest BCUT2D eigenvalue weighted by Gasteiger charge is 2.24. The fraction of sp³-hybridized carbons (Fsp3) is 0.227. The molecule has 1 amide bonds. The molecular weight excluding hydrogens is 382 g/mol.